The molecule has 1 aliphatic heterocycles. The average molecular weight is 296 g/mol. The third kappa shape index (κ3) is 2.79. The smallest absolute Gasteiger partial charge is 0.273 e. The third-order valence-electron chi connectivity index (χ3n) is 3.27. The molecule has 108 valence electrons. The number of thiazole rings is 1. The summed E-state index contributed by atoms with van der Waals surface area (Å²) in [5, 5.41) is 4.20. The molecular weight excluding hydrogens is 280 g/mol. The molecule has 1 aromatic rings. The number of amides is 3. The van der Waals surface area contributed by atoms with Gasteiger partial charge in [0.1, 0.15) is 11.7 Å². The highest BCUT2D eigenvalue weighted by Gasteiger charge is 2.35. The number of carbonyl (C=O) groups excluding carboxylic acids is 3. The van der Waals surface area contributed by atoms with Crippen molar-refractivity contribution < 1.29 is 14.4 Å². The van der Waals surface area contributed by atoms with E-state index in [2.05, 4.69) is 10.3 Å². The molecule has 0 unspecified atom stereocenters. The van der Waals surface area contributed by atoms with Crippen LogP contribution in [-0.2, 0) is 9.59 Å². The monoisotopic (exact) mass is 296 g/mol. The fourth-order valence-electron chi connectivity index (χ4n) is 2.22. The van der Waals surface area contributed by atoms with Gasteiger partial charge in [0.2, 0.25) is 11.8 Å². The molecule has 8 heteroatoms. The number of likely N-dealkylation sites (N-methyl/N-ethyl adjacent to an activating group) is 1. The number of hydrogen-bond acceptors (Lipinski definition) is 5. The summed E-state index contributed by atoms with van der Waals surface area (Å²) in [6.45, 7) is 2.37. The molecule has 1 aliphatic rings. The Labute approximate surface area is 120 Å². The van der Waals surface area contributed by atoms with Crippen molar-refractivity contribution in [2.24, 2.45) is 0 Å². The third-order valence-corrected chi connectivity index (χ3v) is 3.86. The molecule has 0 aliphatic carbocycles. The molecule has 3 amide bonds. The van der Waals surface area contributed by atoms with Crippen molar-refractivity contribution in [2.75, 3.05) is 26.7 Å². The fraction of sp³-hybridized carbons (Fsp3) is 0.500. The number of nitrogens with zero attached hydrogens (tertiary/aromatic N) is 3. The maximum Gasteiger partial charge on any atom is 0.273 e. The van der Waals surface area contributed by atoms with Crippen molar-refractivity contribution in [1.82, 2.24) is 20.1 Å². The second-order valence-electron chi connectivity index (χ2n) is 4.47. The van der Waals surface area contributed by atoms with Gasteiger partial charge in [0.05, 0.1) is 12.1 Å². The fourth-order valence-corrected chi connectivity index (χ4v) is 2.74. The van der Waals surface area contributed by atoms with Crippen molar-refractivity contribution in [3.05, 3.63) is 16.6 Å². The Bertz CT molecular complexity index is 517. The molecule has 0 aromatic carbocycles. The lowest BCUT2D eigenvalue weighted by molar-refractivity contribution is -0.141. The number of aromatic nitrogens is 1. The molecule has 0 saturated carbocycles. The molecule has 1 aromatic heterocycles. The SMILES string of the molecule is CNC(=O)[C@H]1CN(C(=O)c2cscn2)CCN1C(C)=O. The van der Waals surface area contributed by atoms with E-state index in [1.807, 2.05) is 0 Å². The van der Waals surface area contributed by atoms with Gasteiger partial charge in [-0.1, -0.05) is 0 Å². The maximum absolute atomic E-state index is 12.2. The number of piperazine rings is 1. The average Bonchev–Trinajstić information content (AvgIpc) is 2.99. The lowest BCUT2D eigenvalue weighted by atomic mass is 10.1. The first-order chi connectivity index (χ1) is 9.54. The van der Waals surface area contributed by atoms with Crippen molar-refractivity contribution in [1.29, 1.82) is 0 Å². The summed E-state index contributed by atoms with van der Waals surface area (Å²) in [6, 6.07) is -0.645. The molecule has 2 heterocycles. The summed E-state index contributed by atoms with van der Waals surface area (Å²) in [7, 11) is 1.52. The minimum atomic E-state index is -0.645. The predicted octanol–water partition coefficient (Wildman–Crippen LogP) is -0.438. The Morgan fingerprint density at radius 1 is 1.40 bits per heavy atom. The van der Waals surface area contributed by atoms with Crippen LogP contribution in [0.4, 0.5) is 0 Å². The zero-order chi connectivity index (χ0) is 14.7. The van der Waals surface area contributed by atoms with Gasteiger partial charge in [0.15, 0.2) is 0 Å². The van der Waals surface area contributed by atoms with Crippen LogP contribution in [0.3, 0.4) is 0 Å². The molecule has 1 saturated heterocycles. The summed E-state index contributed by atoms with van der Waals surface area (Å²) >= 11 is 1.35. The first-order valence-electron chi connectivity index (χ1n) is 6.21. The number of carbonyl (C=O) groups is 3. The van der Waals surface area contributed by atoms with Gasteiger partial charge in [-0.25, -0.2) is 4.98 Å². The Balaban J connectivity index is 2.14. The van der Waals surface area contributed by atoms with E-state index >= 15 is 0 Å². The zero-order valence-electron chi connectivity index (χ0n) is 11.3. The van der Waals surface area contributed by atoms with Crippen LogP contribution < -0.4 is 5.32 Å². The van der Waals surface area contributed by atoms with Crippen molar-refractivity contribution in [2.45, 2.75) is 13.0 Å². The van der Waals surface area contributed by atoms with Crippen molar-refractivity contribution >= 4 is 29.1 Å². The Morgan fingerprint density at radius 2 is 2.15 bits per heavy atom. The van der Waals surface area contributed by atoms with Gasteiger partial charge in [0, 0.05) is 32.4 Å². The van der Waals surface area contributed by atoms with Crippen LogP contribution in [0.15, 0.2) is 10.9 Å². The highest BCUT2D eigenvalue weighted by molar-refractivity contribution is 7.07. The van der Waals surface area contributed by atoms with Crippen molar-refractivity contribution in [3.8, 4) is 0 Å². The van der Waals surface area contributed by atoms with Gasteiger partial charge in [-0.15, -0.1) is 11.3 Å². The molecule has 0 radical (unpaired) electrons. The second-order valence-corrected chi connectivity index (χ2v) is 5.19. The van der Waals surface area contributed by atoms with Gasteiger partial charge < -0.3 is 15.1 Å². The topological polar surface area (TPSA) is 82.6 Å². The molecular formula is C12H16N4O3S. The van der Waals surface area contributed by atoms with E-state index < -0.39 is 6.04 Å². The number of rotatable bonds is 2. The summed E-state index contributed by atoms with van der Waals surface area (Å²) < 4.78 is 0. The molecule has 0 bridgehead atoms. The maximum atomic E-state index is 12.2. The Hall–Kier alpha value is -1.96. The predicted molar refractivity (Wildman–Crippen MR) is 73.3 cm³/mol. The quantitative estimate of drug-likeness (QED) is 0.802. The second kappa shape index (κ2) is 6.00. The van der Waals surface area contributed by atoms with E-state index in [9.17, 15) is 14.4 Å². The van der Waals surface area contributed by atoms with Crippen LogP contribution in [0.2, 0.25) is 0 Å². The molecule has 0 spiro atoms. The van der Waals surface area contributed by atoms with Crippen LogP contribution >= 0.6 is 11.3 Å². The molecule has 1 atom stereocenters. The van der Waals surface area contributed by atoms with Crippen LogP contribution in [0.1, 0.15) is 17.4 Å². The highest BCUT2D eigenvalue weighted by atomic mass is 32.1. The van der Waals surface area contributed by atoms with Gasteiger partial charge in [-0.05, 0) is 0 Å². The molecule has 7 nitrogen and oxygen atoms in total. The molecule has 2 rings (SSSR count). The minimum absolute atomic E-state index is 0.167. The first-order valence-corrected chi connectivity index (χ1v) is 7.15. The van der Waals surface area contributed by atoms with Crippen molar-refractivity contribution in [3.63, 3.8) is 0 Å². The summed E-state index contributed by atoms with van der Waals surface area (Å²) in [6.07, 6.45) is 0. The van der Waals surface area contributed by atoms with E-state index in [1.54, 1.807) is 15.8 Å². The van der Waals surface area contributed by atoms with Gasteiger partial charge in [-0.2, -0.15) is 0 Å². The Morgan fingerprint density at radius 3 is 2.70 bits per heavy atom. The lowest BCUT2D eigenvalue weighted by Crippen LogP contribution is -2.60. The largest absolute Gasteiger partial charge is 0.357 e. The molecule has 20 heavy (non-hydrogen) atoms. The minimum Gasteiger partial charge on any atom is -0.357 e. The lowest BCUT2D eigenvalue weighted by Gasteiger charge is -2.39. The van der Waals surface area contributed by atoms with E-state index in [-0.39, 0.29) is 24.3 Å². The number of hydrogen-bond donors (Lipinski definition) is 1. The van der Waals surface area contributed by atoms with E-state index in [0.717, 1.165) is 0 Å². The standard InChI is InChI=1S/C12H16N4O3S/c1-8(17)16-4-3-15(5-10(16)11(18)13-2)12(19)9-6-20-7-14-9/h6-7,10H,3-5H2,1-2H3,(H,13,18)/t10-/m1/s1. The van der Waals surface area contributed by atoms with E-state index in [1.165, 1.54) is 30.2 Å². The van der Waals surface area contributed by atoms with Crippen LogP contribution in [0, 0.1) is 0 Å². The zero-order valence-corrected chi connectivity index (χ0v) is 12.1. The van der Waals surface area contributed by atoms with Gasteiger partial charge >= 0.3 is 0 Å². The van der Waals surface area contributed by atoms with Gasteiger partial charge in [-0.3, -0.25) is 14.4 Å². The van der Waals surface area contributed by atoms with Gasteiger partial charge in [0.25, 0.3) is 5.91 Å². The van der Waals surface area contributed by atoms with E-state index in [0.29, 0.717) is 18.8 Å². The highest BCUT2D eigenvalue weighted by Crippen LogP contribution is 2.14. The van der Waals surface area contributed by atoms with Crippen LogP contribution in [0.25, 0.3) is 0 Å². The summed E-state index contributed by atoms with van der Waals surface area (Å²) in [4.78, 5) is 42.7. The molecule has 1 N–H and O–H groups in total. The molecule has 1 fully saturated rings. The summed E-state index contributed by atoms with van der Waals surface area (Å²) in [5.41, 5.74) is 1.97. The van der Waals surface area contributed by atoms with E-state index in [4.69, 9.17) is 0 Å². The number of nitrogens with one attached hydrogen (secondary N) is 1. The van der Waals surface area contributed by atoms with Crippen LogP contribution in [0.5, 0.6) is 0 Å². The van der Waals surface area contributed by atoms with Crippen LogP contribution in [-0.4, -0.2) is 65.2 Å². The normalized spacial score (nSPS) is 18.8. The Kier molecular flexibility index (Phi) is 4.33. The first kappa shape index (κ1) is 14.4. The summed E-state index contributed by atoms with van der Waals surface area (Å²) in [5.74, 6) is -0.640.